The Kier molecular flexibility index (Phi) is 6.53. The molecule has 0 amide bonds. The largest absolute Gasteiger partial charge is 0.406 e. The van der Waals surface area contributed by atoms with E-state index in [1.807, 2.05) is 0 Å². The minimum absolute atomic E-state index is 0.281. The number of alkyl halides is 3. The van der Waals surface area contributed by atoms with Gasteiger partial charge in [0.2, 0.25) is 0 Å². The first-order valence-corrected chi connectivity index (χ1v) is 6.80. The number of thiazole rings is 1. The average molecular weight is 297 g/mol. The highest BCUT2D eigenvalue weighted by atomic mass is 32.1. The quantitative estimate of drug-likeness (QED) is 0.747. The van der Waals surface area contributed by atoms with Crippen molar-refractivity contribution in [3.05, 3.63) is 11.1 Å². The van der Waals surface area contributed by atoms with Crippen molar-refractivity contribution in [2.24, 2.45) is 0 Å². The summed E-state index contributed by atoms with van der Waals surface area (Å²) in [6, 6.07) is 0. The van der Waals surface area contributed by atoms with Crippen LogP contribution in [0.1, 0.15) is 12.6 Å². The lowest BCUT2D eigenvalue weighted by Crippen LogP contribution is -2.34. The van der Waals surface area contributed by atoms with Crippen molar-refractivity contribution < 1.29 is 17.9 Å². The lowest BCUT2D eigenvalue weighted by atomic mass is 10.4. The fourth-order valence-corrected chi connectivity index (χ4v) is 2.33. The van der Waals surface area contributed by atoms with Gasteiger partial charge in [0.1, 0.15) is 6.54 Å². The van der Waals surface area contributed by atoms with E-state index in [1.54, 1.807) is 19.4 Å². The first-order chi connectivity index (χ1) is 8.96. The van der Waals surface area contributed by atoms with Crippen molar-refractivity contribution in [1.82, 2.24) is 10.3 Å². The molecule has 0 radical (unpaired) electrons. The molecule has 0 spiro atoms. The van der Waals surface area contributed by atoms with Gasteiger partial charge in [0.15, 0.2) is 5.13 Å². The molecule has 1 aromatic heterocycles. The molecule has 8 heteroatoms. The van der Waals surface area contributed by atoms with Crippen LogP contribution in [0.15, 0.2) is 5.38 Å². The zero-order chi connectivity index (χ0) is 14.3. The molecule has 0 saturated heterocycles. The Hall–Kier alpha value is -0.860. The Bertz CT molecular complexity index is 370. The number of nitrogens with one attached hydrogen (secondary N) is 1. The van der Waals surface area contributed by atoms with E-state index in [4.69, 9.17) is 4.74 Å². The van der Waals surface area contributed by atoms with Crippen LogP contribution in [0.25, 0.3) is 0 Å². The normalized spacial score (nSPS) is 11.8. The van der Waals surface area contributed by atoms with Gasteiger partial charge in [0, 0.05) is 32.1 Å². The maximum Gasteiger partial charge on any atom is 0.406 e. The van der Waals surface area contributed by atoms with E-state index in [0.717, 1.165) is 5.69 Å². The van der Waals surface area contributed by atoms with E-state index < -0.39 is 12.7 Å². The van der Waals surface area contributed by atoms with E-state index in [9.17, 15) is 13.2 Å². The second-order valence-electron chi connectivity index (χ2n) is 3.92. The molecule has 0 fully saturated rings. The third kappa shape index (κ3) is 6.22. The van der Waals surface area contributed by atoms with E-state index in [0.29, 0.717) is 24.8 Å². The number of methoxy groups -OCH3 is 1. The van der Waals surface area contributed by atoms with E-state index in [1.165, 1.54) is 16.2 Å². The molecule has 110 valence electrons. The van der Waals surface area contributed by atoms with Gasteiger partial charge < -0.3 is 15.0 Å². The molecule has 1 aromatic rings. The standard InChI is InChI=1S/C11H18F3N3OS/c1-3-17(8-11(12,13)14)10-16-9(7-19-10)6-15-4-5-18-2/h7,15H,3-6,8H2,1-2H3. The summed E-state index contributed by atoms with van der Waals surface area (Å²) in [5.74, 6) is 0. The second-order valence-corrected chi connectivity index (χ2v) is 4.76. The summed E-state index contributed by atoms with van der Waals surface area (Å²) in [5.41, 5.74) is 0.747. The lowest BCUT2D eigenvalue weighted by molar-refractivity contribution is -0.119. The van der Waals surface area contributed by atoms with Crippen molar-refractivity contribution in [3.8, 4) is 0 Å². The molecular weight excluding hydrogens is 279 g/mol. The maximum absolute atomic E-state index is 12.4. The van der Waals surface area contributed by atoms with E-state index in [2.05, 4.69) is 10.3 Å². The third-order valence-electron chi connectivity index (χ3n) is 2.35. The molecule has 0 aromatic carbocycles. The fourth-order valence-electron chi connectivity index (χ4n) is 1.44. The summed E-state index contributed by atoms with van der Waals surface area (Å²) < 4.78 is 42.0. The smallest absolute Gasteiger partial charge is 0.383 e. The molecule has 0 atom stereocenters. The van der Waals surface area contributed by atoms with Gasteiger partial charge in [-0.15, -0.1) is 11.3 Å². The first kappa shape index (κ1) is 16.2. The van der Waals surface area contributed by atoms with Gasteiger partial charge in [-0.2, -0.15) is 13.2 Å². The van der Waals surface area contributed by atoms with Crippen molar-refractivity contribution in [1.29, 1.82) is 0 Å². The number of hydrogen-bond donors (Lipinski definition) is 1. The van der Waals surface area contributed by atoms with Crippen LogP contribution in [0.5, 0.6) is 0 Å². The van der Waals surface area contributed by atoms with E-state index >= 15 is 0 Å². The van der Waals surface area contributed by atoms with Crippen LogP contribution >= 0.6 is 11.3 Å². The van der Waals surface area contributed by atoms with Crippen molar-refractivity contribution >= 4 is 16.5 Å². The molecule has 0 saturated carbocycles. The lowest BCUT2D eigenvalue weighted by Gasteiger charge is -2.21. The molecule has 0 aliphatic carbocycles. The van der Waals surface area contributed by atoms with Crippen LogP contribution in [-0.2, 0) is 11.3 Å². The van der Waals surface area contributed by atoms with Gasteiger partial charge in [-0.3, -0.25) is 0 Å². The summed E-state index contributed by atoms with van der Waals surface area (Å²) >= 11 is 1.23. The average Bonchev–Trinajstić information content (AvgIpc) is 2.79. The molecule has 19 heavy (non-hydrogen) atoms. The third-order valence-corrected chi connectivity index (χ3v) is 3.30. The zero-order valence-corrected chi connectivity index (χ0v) is 11.8. The van der Waals surface area contributed by atoms with Crippen LogP contribution in [-0.4, -0.2) is 44.5 Å². The van der Waals surface area contributed by atoms with Crippen molar-refractivity contribution in [3.63, 3.8) is 0 Å². The highest BCUT2D eigenvalue weighted by molar-refractivity contribution is 7.13. The van der Waals surface area contributed by atoms with Gasteiger partial charge in [-0.25, -0.2) is 4.98 Å². The number of rotatable bonds is 8. The Morgan fingerprint density at radius 3 is 2.79 bits per heavy atom. The molecular formula is C11H18F3N3OS. The predicted molar refractivity (Wildman–Crippen MR) is 69.6 cm³/mol. The molecule has 0 aliphatic heterocycles. The predicted octanol–water partition coefficient (Wildman–Crippen LogP) is 2.27. The summed E-state index contributed by atoms with van der Waals surface area (Å²) in [7, 11) is 1.61. The molecule has 0 aliphatic rings. The molecule has 1 N–H and O–H groups in total. The number of ether oxygens (including phenoxy) is 1. The summed E-state index contributed by atoms with van der Waals surface area (Å²) in [6.45, 7) is 2.81. The summed E-state index contributed by atoms with van der Waals surface area (Å²) in [6.07, 6.45) is -4.21. The van der Waals surface area contributed by atoms with Crippen molar-refractivity contribution in [2.75, 3.05) is 38.3 Å². The minimum Gasteiger partial charge on any atom is -0.383 e. The van der Waals surface area contributed by atoms with E-state index in [-0.39, 0.29) is 6.54 Å². The van der Waals surface area contributed by atoms with Crippen LogP contribution in [0.4, 0.5) is 18.3 Å². The fraction of sp³-hybridized carbons (Fsp3) is 0.727. The Balaban J connectivity index is 2.51. The number of nitrogens with zero attached hydrogens (tertiary/aromatic N) is 2. The first-order valence-electron chi connectivity index (χ1n) is 5.92. The highest BCUT2D eigenvalue weighted by Crippen LogP contribution is 2.25. The Morgan fingerprint density at radius 1 is 1.47 bits per heavy atom. The summed E-state index contributed by atoms with van der Waals surface area (Å²) in [5, 5.41) is 5.28. The Morgan fingerprint density at radius 2 is 2.21 bits per heavy atom. The van der Waals surface area contributed by atoms with Gasteiger partial charge in [-0.05, 0) is 6.92 Å². The molecule has 1 rings (SSSR count). The van der Waals surface area contributed by atoms with Crippen molar-refractivity contribution in [2.45, 2.75) is 19.6 Å². The maximum atomic E-state index is 12.4. The molecule has 1 heterocycles. The SMILES string of the molecule is CCN(CC(F)(F)F)c1nc(CNCCOC)cs1. The molecule has 4 nitrogen and oxygen atoms in total. The van der Waals surface area contributed by atoms with Crippen LogP contribution < -0.4 is 10.2 Å². The minimum atomic E-state index is -4.21. The molecule has 0 unspecified atom stereocenters. The van der Waals surface area contributed by atoms with Crippen LogP contribution in [0.2, 0.25) is 0 Å². The van der Waals surface area contributed by atoms with Gasteiger partial charge in [0.05, 0.1) is 12.3 Å². The topological polar surface area (TPSA) is 37.4 Å². The number of aromatic nitrogens is 1. The monoisotopic (exact) mass is 297 g/mol. The number of halogens is 3. The second kappa shape index (κ2) is 7.66. The number of anilines is 1. The zero-order valence-electron chi connectivity index (χ0n) is 11.0. The number of hydrogen-bond acceptors (Lipinski definition) is 5. The molecule has 0 bridgehead atoms. The van der Waals surface area contributed by atoms with Gasteiger partial charge in [-0.1, -0.05) is 0 Å². The summed E-state index contributed by atoms with van der Waals surface area (Å²) in [4.78, 5) is 5.43. The highest BCUT2D eigenvalue weighted by Gasteiger charge is 2.31. The van der Waals surface area contributed by atoms with Crippen LogP contribution in [0, 0.1) is 0 Å². The Labute approximate surface area is 114 Å². The van der Waals surface area contributed by atoms with Gasteiger partial charge >= 0.3 is 6.18 Å². The van der Waals surface area contributed by atoms with Gasteiger partial charge in [0.25, 0.3) is 0 Å². The van der Waals surface area contributed by atoms with Crippen LogP contribution in [0.3, 0.4) is 0 Å².